The topological polar surface area (TPSA) is 115 Å². The van der Waals surface area contributed by atoms with Crippen molar-refractivity contribution < 1.29 is 21.1 Å². The molecule has 5 heterocycles. The zero-order valence-corrected chi connectivity index (χ0v) is 25.6. The third-order valence-corrected chi connectivity index (χ3v) is 7.51. The van der Waals surface area contributed by atoms with Crippen molar-refractivity contribution in [3.8, 4) is 11.4 Å². The first kappa shape index (κ1) is 26.9. The summed E-state index contributed by atoms with van der Waals surface area (Å²) < 4.78 is 3.81. The third-order valence-electron chi connectivity index (χ3n) is 7.51. The number of aromatic nitrogens is 10. The Morgan fingerprint density at radius 2 is 0.711 bits per heavy atom. The van der Waals surface area contributed by atoms with Crippen LogP contribution in [0.2, 0.25) is 0 Å². The van der Waals surface area contributed by atoms with Crippen LogP contribution in [0, 0.1) is 0 Å². The van der Waals surface area contributed by atoms with Crippen molar-refractivity contribution in [2.24, 2.45) is 0 Å². The van der Waals surface area contributed by atoms with Gasteiger partial charge >= 0.3 is 21.1 Å². The maximum Gasteiger partial charge on any atom is 2.00 e. The molecule has 10 nitrogen and oxygen atoms in total. The molecule has 5 aromatic heterocycles. The summed E-state index contributed by atoms with van der Waals surface area (Å²) in [5, 5.41) is 3.44. The van der Waals surface area contributed by atoms with Gasteiger partial charge in [0, 0.05) is 46.4 Å². The molecule has 4 aromatic carbocycles. The van der Waals surface area contributed by atoms with Crippen molar-refractivity contribution in [2.45, 2.75) is 0 Å². The summed E-state index contributed by atoms with van der Waals surface area (Å²) in [4.78, 5) is 39.1. The summed E-state index contributed by atoms with van der Waals surface area (Å²) in [5.74, 6) is 0.872. The second-order valence-corrected chi connectivity index (χ2v) is 10.3. The van der Waals surface area contributed by atoms with Crippen LogP contribution in [0.25, 0.3) is 78.4 Å². The molecule has 8 bridgehead atoms. The Morgan fingerprint density at radius 3 is 1.09 bits per heavy atom. The average molecular weight is 764 g/mol. The quantitative estimate of drug-likeness (QED) is 0.206. The molecule has 0 saturated carbocycles. The van der Waals surface area contributed by atoms with Crippen LogP contribution in [-0.2, 0) is 21.1 Å². The predicted octanol–water partition coefficient (Wildman–Crippen LogP) is 6.16. The van der Waals surface area contributed by atoms with Gasteiger partial charge in [0.05, 0.1) is 0 Å². The van der Waals surface area contributed by atoms with E-state index in [9.17, 15) is 0 Å². The molecule has 45 heavy (non-hydrogen) atoms. The van der Waals surface area contributed by atoms with E-state index in [0.717, 1.165) is 32.9 Å². The smallest absolute Gasteiger partial charge is 0.357 e. The molecule has 9 rings (SSSR count). The van der Waals surface area contributed by atoms with Crippen LogP contribution in [0.1, 0.15) is 0 Å². The molecule has 0 fully saturated rings. The fourth-order valence-corrected chi connectivity index (χ4v) is 5.47. The molecular weight excluding hydrogens is 744 g/mol. The van der Waals surface area contributed by atoms with E-state index in [1.54, 1.807) is 0 Å². The van der Waals surface area contributed by atoms with Gasteiger partial charge in [0.15, 0.2) is 11.6 Å². The van der Waals surface area contributed by atoms with Gasteiger partial charge in [-0.25, -0.2) is 9.97 Å². The van der Waals surface area contributed by atoms with E-state index in [-0.39, 0.29) is 21.1 Å². The molecule has 0 aliphatic carbocycles. The average Bonchev–Trinajstić information content (AvgIpc) is 3.83. The van der Waals surface area contributed by atoms with Crippen molar-refractivity contribution in [1.82, 2.24) is 49.0 Å². The SMILES string of the molecule is [Pt+2].c1ccc(-n2cc3nc4[n-]c(nc5cn(-c6ccccc6)c(n5)nc5[n-]c(nc2n3)c2ccccc52)c2ccccc42)cc1. The number of rotatable bonds is 2. The molecule has 0 atom stereocenters. The predicted molar refractivity (Wildman–Crippen MR) is 170 cm³/mol. The summed E-state index contributed by atoms with van der Waals surface area (Å²) in [6.07, 6.45) is 3.71. The van der Waals surface area contributed by atoms with E-state index in [2.05, 4.69) is 0 Å². The van der Waals surface area contributed by atoms with Gasteiger partial charge in [-0.3, -0.25) is 9.13 Å². The van der Waals surface area contributed by atoms with Gasteiger partial charge in [-0.15, -0.1) is 0 Å². The Labute approximate surface area is 269 Å². The normalized spacial score (nSPS) is 11.4. The third kappa shape index (κ3) is 4.63. The standard InChI is InChI=1S/C34H20N10.Pt/c1-3-11-21(12-4-1)43-19-27-35-29-23-15-7-8-16-24(23)30(39-29)36-28-20-44(22-13-5-2-6-14-22)34(38-28)42-32-26-18-10-9-17-25(26)31(40-32)41-33(43)37-27;/h1-20H;/q-2;+2. The Hall–Kier alpha value is -5.73. The van der Waals surface area contributed by atoms with Crippen LogP contribution in [0.3, 0.4) is 0 Å². The number of hydrogen-bond acceptors (Lipinski definition) is 6. The summed E-state index contributed by atoms with van der Waals surface area (Å²) in [6, 6.07) is 35.6. The van der Waals surface area contributed by atoms with Gasteiger partial charge in [-0.05, 0) is 45.8 Å². The van der Waals surface area contributed by atoms with Crippen LogP contribution in [0.4, 0.5) is 0 Å². The molecule has 0 unspecified atom stereocenters. The van der Waals surface area contributed by atoms with E-state index in [4.69, 9.17) is 39.9 Å². The minimum Gasteiger partial charge on any atom is -0.357 e. The zero-order chi connectivity index (χ0) is 29.0. The molecule has 0 N–H and O–H groups in total. The molecule has 9 aromatic rings. The fraction of sp³-hybridized carbons (Fsp3) is 0. The second-order valence-electron chi connectivity index (χ2n) is 10.3. The van der Waals surface area contributed by atoms with Crippen LogP contribution in [0.15, 0.2) is 122 Å². The van der Waals surface area contributed by atoms with Gasteiger partial charge in [0.2, 0.25) is 0 Å². The maximum absolute atomic E-state index is 4.97. The number of nitrogens with zero attached hydrogens (tertiary/aromatic N) is 10. The first-order valence-corrected chi connectivity index (χ1v) is 14.0. The molecule has 0 radical (unpaired) electrons. The number of para-hydroxylation sites is 2. The van der Waals surface area contributed by atoms with E-state index in [1.165, 1.54) is 0 Å². The Balaban J connectivity index is 0.00000300. The van der Waals surface area contributed by atoms with Crippen molar-refractivity contribution in [1.29, 1.82) is 0 Å². The maximum atomic E-state index is 4.97. The van der Waals surface area contributed by atoms with E-state index in [1.807, 2.05) is 131 Å². The monoisotopic (exact) mass is 763 g/mol. The van der Waals surface area contributed by atoms with Crippen molar-refractivity contribution >= 4 is 67.0 Å². The summed E-state index contributed by atoms with van der Waals surface area (Å²) in [7, 11) is 0. The van der Waals surface area contributed by atoms with Crippen molar-refractivity contribution in [2.75, 3.05) is 0 Å². The molecule has 11 heteroatoms. The molecule has 0 aliphatic rings. The van der Waals surface area contributed by atoms with Gasteiger partial charge in [-0.2, -0.15) is 0 Å². The second kappa shape index (κ2) is 10.8. The molecule has 216 valence electrons. The summed E-state index contributed by atoms with van der Waals surface area (Å²) in [5.41, 5.74) is 4.76. The summed E-state index contributed by atoms with van der Waals surface area (Å²) in [6.45, 7) is 0. The van der Waals surface area contributed by atoms with Crippen LogP contribution >= 0.6 is 0 Å². The van der Waals surface area contributed by atoms with Crippen LogP contribution in [-0.4, -0.2) is 39.0 Å². The molecule has 0 saturated heterocycles. The number of benzene rings is 4. The van der Waals surface area contributed by atoms with Crippen LogP contribution in [0.5, 0.6) is 0 Å². The van der Waals surface area contributed by atoms with Gasteiger partial charge in [-0.1, -0.05) is 84.9 Å². The summed E-state index contributed by atoms with van der Waals surface area (Å²) >= 11 is 0. The van der Waals surface area contributed by atoms with Crippen molar-refractivity contribution in [3.63, 3.8) is 0 Å². The Kier molecular flexibility index (Phi) is 6.43. The molecule has 0 aliphatic heterocycles. The Bertz CT molecular complexity index is 2440. The fourth-order valence-electron chi connectivity index (χ4n) is 5.47. The van der Waals surface area contributed by atoms with Crippen LogP contribution < -0.4 is 9.97 Å². The molecule has 0 amide bonds. The number of imidazole rings is 2. The largest absolute Gasteiger partial charge is 2.00 e. The van der Waals surface area contributed by atoms with Crippen molar-refractivity contribution in [3.05, 3.63) is 122 Å². The zero-order valence-electron chi connectivity index (χ0n) is 23.3. The van der Waals surface area contributed by atoms with E-state index < -0.39 is 0 Å². The minimum absolute atomic E-state index is 0. The van der Waals surface area contributed by atoms with E-state index in [0.29, 0.717) is 45.4 Å². The first-order valence-electron chi connectivity index (χ1n) is 14.0. The van der Waals surface area contributed by atoms with Gasteiger partial charge in [0.1, 0.15) is 11.3 Å². The molecular formula is C34H20N10Pt. The number of hydrogen-bond donors (Lipinski definition) is 0. The Morgan fingerprint density at radius 1 is 0.378 bits per heavy atom. The molecule has 0 spiro atoms. The van der Waals surface area contributed by atoms with Gasteiger partial charge < -0.3 is 29.9 Å². The minimum atomic E-state index is 0. The number of fused-ring (bicyclic) bond motifs is 14. The van der Waals surface area contributed by atoms with E-state index >= 15 is 0 Å². The first-order chi connectivity index (χ1) is 21.8. The van der Waals surface area contributed by atoms with Gasteiger partial charge in [0.25, 0.3) is 0 Å².